The Balaban J connectivity index is 1.26. The van der Waals surface area contributed by atoms with Crippen molar-refractivity contribution >= 4 is 27.5 Å². The Morgan fingerprint density at radius 2 is 1.88 bits per heavy atom. The van der Waals surface area contributed by atoms with E-state index in [1.54, 1.807) is 17.0 Å². The second-order valence-electron chi connectivity index (χ2n) is 8.31. The minimum Gasteiger partial charge on any atom is -0.494 e. The van der Waals surface area contributed by atoms with Crippen LogP contribution in [0.3, 0.4) is 0 Å². The zero-order chi connectivity index (χ0) is 23.4. The summed E-state index contributed by atoms with van der Waals surface area (Å²) in [5.74, 6) is 0.797. The van der Waals surface area contributed by atoms with Crippen molar-refractivity contribution in [3.05, 3.63) is 53.6 Å². The molecule has 33 heavy (non-hydrogen) atoms. The molecule has 1 fully saturated rings. The van der Waals surface area contributed by atoms with Crippen molar-refractivity contribution in [2.24, 2.45) is 5.92 Å². The molecule has 2 aromatic carbocycles. The largest absolute Gasteiger partial charge is 0.494 e. The SMILES string of the molecule is CCOc1ccc(CNC(=O)CCNS(=O)(=O)c2ccc3c(c2)CCN3C(=O)C2CC2)cc1. The fraction of sp³-hybridized carbons (Fsp3) is 0.417. The lowest BCUT2D eigenvalue weighted by Crippen LogP contribution is -2.31. The van der Waals surface area contributed by atoms with Crippen LogP contribution in [-0.4, -0.2) is 39.9 Å². The van der Waals surface area contributed by atoms with Gasteiger partial charge >= 0.3 is 0 Å². The lowest BCUT2D eigenvalue weighted by Gasteiger charge is -2.17. The van der Waals surface area contributed by atoms with Crippen LogP contribution in [-0.2, 0) is 32.6 Å². The molecule has 1 aliphatic heterocycles. The fourth-order valence-corrected chi connectivity index (χ4v) is 4.95. The predicted octanol–water partition coefficient (Wildman–Crippen LogP) is 2.37. The molecule has 2 amide bonds. The summed E-state index contributed by atoms with van der Waals surface area (Å²) >= 11 is 0. The molecule has 0 saturated heterocycles. The Hall–Kier alpha value is -2.91. The summed E-state index contributed by atoms with van der Waals surface area (Å²) in [6.45, 7) is 3.46. The van der Waals surface area contributed by atoms with Crippen LogP contribution in [0.2, 0.25) is 0 Å². The molecule has 0 bridgehead atoms. The van der Waals surface area contributed by atoms with Gasteiger partial charge in [-0.2, -0.15) is 0 Å². The summed E-state index contributed by atoms with van der Waals surface area (Å²) in [6.07, 6.45) is 2.56. The Labute approximate surface area is 194 Å². The van der Waals surface area contributed by atoms with Crippen molar-refractivity contribution in [2.45, 2.75) is 44.0 Å². The van der Waals surface area contributed by atoms with E-state index in [4.69, 9.17) is 4.74 Å². The number of rotatable bonds is 10. The summed E-state index contributed by atoms with van der Waals surface area (Å²) in [4.78, 5) is 26.4. The van der Waals surface area contributed by atoms with E-state index in [2.05, 4.69) is 10.0 Å². The van der Waals surface area contributed by atoms with Crippen molar-refractivity contribution in [3.63, 3.8) is 0 Å². The lowest BCUT2D eigenvalue weighted by atomic mass is 10.2. The van der Waals surface area contributed by atoms with E-state index in [1.165, 1.54) is 6.07 Å². The summed E-state index contributed by atoms with van der Waals surface area (Å²) < 4.78 is 33.2. The van der Waals surface area contributed by atoms with Gasteiger partial charge in [0, 0.05) is 37.7 Å². The molecule has 8 nitrogen and oxygen atoms in total. The highest BCUT2D eigenvalue weighted by molar-refractivity contribution is 7.89. The van der Waals surface area contributed by atoms with E-state index in [0.717, 1.165) is 35.4 Å². The predicted molar refractivity (Wildman–Crippen MR) is 124 cm³/mol. The zero-order valence-corrected chi connectivity index (χ0v) is 19.5. The number of nitrogens with zero attached hydrogens (tertiary/aromatic N) is 1. The van der Waals surface area contributed by atoms with Crippen LogP contribution in [0.1, 0.15) is 37.3 Å². The molecular formula is C24H29N3O5S. The standard InChI is InChI=1S/C24H29N3O5S/c1-2-32-20-7-3-17(4-8-20)16-25-23(28)11-13-26-33(30,31)21-9-10-22-19(15-21)12-14-27(22)24(29)18-5-6-18/h3-4,7-10,15,18,26H,2,5-6,11-14,16H2,1H3,(H,25,28). The number of amides is 2. The quantitative estimate of drug-likeness (QED) is 0.554. The molecule has 0 spiro atoms. The number of ether oxygens (including phenoxy) is 1. The average Bonchev–Trinajstić information content (AvgIpc) is 3.57. The van der Waals surface area contributed by atoms with Gasteiger partial charge in [0.25, 0.3) is 0 Å². The molecular weight excluding hydrogens is 442 g/mol. The maximum Gasteiger partial charge on any atom is 0.240 e. The third kappa shape index (κ3) is 5.72. The highest BCUT2D eigenvalue weighted by Gasteiger charge is 2.36. The molecule has 2 aromatic rings. The van der Waals surface area contributed by atoms with Gasteiger partial charge in [-0.3, -0.25) is 9.59 Å². The van der Waals surface area contributed by atoms with Gasteiger partial charge in [-0.25, -0.2) is 13.1 Å². The third-order valence-electron chi connectivity index (χ3n) is 5.82. The van der Waals surface area contributed by atoms with Crippen molar-refractivity contribution in [2.75, 3.05) is 24.6 Å². The Kier molecular flexibility index (Phi) is 6.99. The first-order chi connectivity index (χ1) is 15.9. The normalized spacial score (nSPS) is 15.2. The van der Waals surface area contributed by atoms with Gasteiger partial charge < -0.3 is 15.0 Å². The van der Waals surface area contributed by atoms with E-state index >= 15 is 0 Å². The summed E-state index contributed by atoms with van der Waals surface area (Å²) in [6, 6.07) is 12.3. The molecule has 1 heterocycles. The van der Waals surface area contributed by atoms with E-state index in [9.17, 15) is 18.0 Å². The Bertz CT molecular complexity index is 1130. The first-order valence-corrected chi connectivity index (χ1v) is 12.8. The van der Waals surface area contributed by atoms with Gasteiger partial charge in [-0.15, -0.1) is 0 Å². The molecule has 9 heteroatoms. The van der Waals surface area contributed by atoms with E-state index in [-0.39, 0.29) is 35.6 Å². The zero-order valence-electron chi connectivity index (χ0n) is 18.7. The fourth-order valence-electron chi connectivity index (χ4n) is 3.87. The topological polar surface area (TPSA) is 105 Å². The average molecular weight is 472 g/mol. The highest BCUT2D eigenvalue weighted by atomic mass is 32.2. The van der Waals surface area contributed by atoms with Gasteiger partial charge in [-0.05, 0) is 67.6 Å². The van der Waals surface area contributed by atoms with E-state index in [1.807, 2.05) is 31.2 Å². The number of benzene rings is 2. The van der Waals surface area contributed by atoms with E-state index in [0.29, 0.717) is 26.1 Å². The van der Waals surface area contributed by atoms with Gasteiger partial charge in [-0.1, -0.05) is 12.1 Å². The minimum atomic E-state index is -3.74. The molecule has 0 unspecified atom stereocenters. The molecule has 0 radical (unpaired) electrons. The summed E-state index contributed by atoms with van der Waals surface area (Å²) in [5.41, 5.74) is 2.60. The van der Waals surface area contributed by atoms with Crippen LogP contribution >= 0.6 is 0 Å². The molecule has 1 saturated carbocycles. The highest BCUT2D eigenvalue weighted by Crippen LogP contribution is 2.37. The van der Waals surface area contributed by atoms with Crippen LogP contribution < -0.4 is 19.7 Å². The maximum absolute atomic E-state index is 12.7. The molecule has 0 atom stereocenters. The van der Waals surface area contributed by atoms with Gasteiger partial charge in [0.05, 0.1) is 11.5 Å². The Morgan fingerprint density at radius 1 is 1.12 bits per heavy atom. The van der Waals surface area contributed by atoms with Crippen LogP contribution in [0, 0.1) is 5.92 Å². The maximum atomic E-state index is 12.7. The van der Waals surface area contributed by atoms with E-state index < -0.39 is 10.0 Å². The van der Waals surface area contributed by atoms with Crippen molar-refractivity contribution in [1.82, 2.24) is 10.0 Å². The van der Waals surface area contributed by atoms with Gasteiger partial charge in [0.15, 0.2) is 0 Å². The first kappa shape index (κ1) is 23.3. The molecule has 176 valence electrons. The van der Waals surface area contributed by atoms with Gasteiger partial charge in [0.2, 0.25) is 21.8 Å². The monoisotopic (exact) mass is 471 g/mol. The second kappa shape index (κ2) is 9.93. The van der Waals surface area contributed by atoms with Gasteiger partial charge in [0.1, 0.15) is 5.75 Å². The molecule has 2 N–H and O–H groups in total. The molecule has 4 rings (SSSR count). The van der Waals surface area contributed by atoms with Crippen LogP contribution in [0.15, 0.2) is 47.4 Å². The van der Waals surface area contributed by atoms with Crippen LogP contribution in [0.25, 0.3) is 0 Å². The lowest BCUT2D eigenvalue weighted by molar-refractivity contribution is -0.121. The smallest absolute Gasteiger partial charge is 0.240 e. The number of carbonyl (C=O) groups is 2. The second-order valence-corrected chi connectivity index (χ2v) is 10.1. The number of hydrogen-bond donors (Lipinski definition) is 2. The molecule has 2 aliphatic rings. The van der Waals surface area contributed by atoms with Crippen molar-refractivity contribution < 1.29 is 22.7 Å². The van der Waals surface area contributed by atoms with Crippen molar-refractivity contribution in [3.8, 4) is 5.75 Å². The summed E-state index contributed by atoms with van der Waals surface area (Å²) in [7, 11) is -3.74. The van der Waals surface area contributed by atoms with Crippen molar-refractivity contribution in [1.29, 1.82) is 0 Å². The minimum absolute atomic E-state index is 0.000814. The van der Waals surface area contributed by atoms with Crippen LogP contribution in [0.5, 0.6) is 5.75 Å². The number of carbonyl (C=O) groups excluding carboxylic acids is 2. The van der Waals surface area contributed by atoms with Crippen LogP contribution in [0.4, 0.5) is 5.69 Å². The number of hydrogen-bond acceptors (Lipinski definition) is 5. The third-order valence-corrected chi connectivity index (χ3v) is 7.28. The molecule has 1 aliphatic carbocycles. The number of sulfonamides is 1. The summed E-state index contributed by atoms with van der Waals surface area (Å²) in [5, 5.41) is 2.79. The number of anilines is 1. The number of nitrogens with one attached hydrogen (secondary N) is 2. The first-order valence-electron chi connectivity index (χ1n) is 11.3. The Morgan fingerprint density at radius 3 is 2.58 bits per heavy atom. The number of fused-ring (bicyclic) bond motifs is 1. The molecule has 0 aromatic heterocycles.